The van der Waals surface area contributed by atoms with Crippen molar-refractivity contribution in [1.29, 1.82) is 0 Å². The highest BCUT2D eigenvalue weighted by Crippen LogP contribution is 2.34. The number of rotatable bonds is 5. The quantitative estimate of drug-likeness (QED) is 0.687. The molecule has 0 saturated heterocycles. The Morgan fingerprint density at radius 1 is 1.33 bits per heavy atom. The third-order valence-electron chi connectivity index (χ3n) is 2.03. The van der Waals surface area contributed by atoms with Crippen LogP contribution in [0.4, 0.5) is 5.69 Å². The first-order valence-corrected chi connectivity index (χ1v) is 9.11. The highest BCUT2D eigenvalue weighted by molar-refractivity contribution is 9.11. The average molecular weight is 440 g/mol. The summed E-state index contributed by atoms with van der Waals surface area (Å²) in [5.74, 6) is 0.149. The van der Waals surface area contributed by atoms with Gasteiger partial charge < -0.3 is 0 Å². The maximum atomic E-state index is 11.9. The van der Waals surface area contributed by atoms with E-state index in [0.717, 1.165) is 0 Å². The molecule has 0 radical (unpaired) electrons. The van der Waals surface area contributed by atoms with E-state index in [1.54, 1.807) is 19.1 Å². The van der Waals surface area contributed by atoms with E-state index < -0.39 is 10.0 Å². The van der Waals surface area contributed by atoms with Gasteiger partial charge >= 0.3 is 0 Å². The Bertz CT molecular complexity index is 514. The van der Waals surface area contributed by atoms with Crippen LogP contribution in [0.3, 0.4) is 0 Å². The third-order valence-corrected chi connectivity index (χ3v) is 5.55. The van der Waals surface area contributed by atoms with E-state index in [2.05, 4.69) is 36.6 Å². The van der Waals surface area contributed by atoms with Crippen LogP contribution in [0, 0.1) is 5.92 Å². The molecule has 1 N–H and O–H groups in total. The van der Waals surface area contributed by atoms with Crippen molar-refractivity contribution < 1.29 is 8.42 Å². The van der Waals surface area contributed by atoms with Crippen molar-refractivity contribution in [2.24, 2.45) is 5.92 Å². The molecule has 3 nitrogen and oxygen atoms in total. The lowest BCUT2D eigenvalue weighted by Crippen LogP contribution is -2.22. The van der Waals surface area contributed by atoms with E-state index >= 15 is 0 Å². The Morgan fingerprint density at radius 2 is 1.83 bits per heavy atom. The fourth-order valence-electron chi connectivity index (χ4n) is 1.26. The minimum atomic E-state index is -3.44. The molecule has 0 aliphatic rings. The predicted octanol–water partition coefficient (Wildman–Crippen LogP) is 4.48. The highest BCUT2D eigenvalue weighted by Gasteiger charge is 2.18. The molecule has 0 aliphatic carbocycles. The molecule has 0 aliphatic heterocycles. The second-order valence-corrected chi connectivity index (χ2v) is 8.11. The summed E-state index contributed by atoms with van der Waals surface area (Å²) >= 11 is 18.0. The Hall–Kier alpha value is 0.510. The molecule has 0 saturated carbocycles. The van der Waals surface area contributed by atoms with Crippen molar-refractivity contribution in [3.05, 3.63) is 26.1 Å². The largest absolute Gasteiger partial charge is 0.281 e. The molecular formula is C10H11Br2Cl2NO2S. The van der Waals surface area contributed by atoms with Crippen molar-refractivity contribution in [1.82, 2.24) is 0 Å². The number of benzene rings is 1. The van der Waals surface area contributed by atoms with E-state index in [1.807, 2.05) is 0 Å². The Morgan fingerprint density at radius 3 is 2.28 bits per heavy atom. The minimum absolute atomic E-state index is 0.0298. The van der Waals surface area contributed by atoms with Crippen LogP contribution in [0.15, 0.2) is 21.1 Å². The normalized spacial score (nSPS) is 13.4. The zero-order valence-corrected chi connectivity index (χ0v) is 14.9. The molecule has 18 heavy (non-hydrogen) atoms. The number of hydrogen-bond donors (Lipinski definition) is 1. The smallest absolute Gasteiger partial charge is 0.233 e. The van der Waals surface area contributed by atoms with Gasteiger partial charge in [-0.2, -0.15) is 0 Å². The standard InChI is InChI=1S/C10H11Br2Cl2NO2S/c1-6(4-13)5-18(16,17)15-10-8(11)2-7(14)3-9(10)12/h2-3,6,15H,4-5H2,1H3. The van der Waals surface area contributed by atoms with Crippen LogP contribution in [0.1, 0.15) is 6.92 Å². The predicted molar refractivity (Wildman–Crippen MR) is 84.1 cm³/mol. The molecule has 0 heterocycles. The first-order chi connectivity index (χ1) is 8.25. The van der Waals surface area contributed by atoms with Gasteiger partial charge in [-0.3, -0.25) is 4.72 Å². The van der Waals surface area contributed by atoms with Crippen molar-refractivity contribution in [3.8, 4) is 0 Å². The van der Waals surface area contributed by atoms with Crippen molar-refractivity contribution >= 4 is 70.8 Å². The lowest BCUT2D eigenvalue weighted by atomic mass is 10.3. The molecule has 0 amide bonds. The fraction of sp³-hybridized carbons (Fsp3) is 0.400. The molecule has 8 heteroatoms. The summed E-state index contributed by atoms with van der Waals surface area (Å²) in [7, 11) is -3.44. The van der Waals surface area contributed by atoms with Gasteiger partial charge in [0, 0.05) is 19.8 Å². The molecule has 1 aromatic rings. The lowest BCUT2D eigenvalue weighted by Gasteiger charge is -2.14. The van der Waals surface area contributed by atoms with Crippen molar-refractivity contribution in [3.63, 3.8) is 0 Å². The van der Waals surface area contributed by atoms with E-state index in [9.17, 15) is 8.42 Å². The topological polar surface area (TPSA) is 46.2 Å². The van der Waals surface area contributed by atoms with E-state index in [0.29, 0.717) is 25.5 Å². The minimum Gasteiger partial charge on any atom is -0.281 e. The summed E-state index contributed by atoms with van der Waals surface area (Å²) < 4.78 is 27.5. The van der Waals surface area contributed by atoms with Crippen LogP contribution < -0.4 is 4.72 Å². The SMILES string of the molecule is CC(CCl)CS(=O)(=O)Nc1c(Br)cc(Cl)cc1Br. The summed E-state index contributed by atoms with van der Waals surface area (Å²) in [4.78, 5) is 0. The van der Waals surface area contributed by atoms with Crippen molar-refractivity contribution in [2.45, 2.75) is 6.92 Å². The molecule has 1 aromatic carbocycles. The fourth-order valence-corrected chi connectivity index (χ4v) is 5.10. The number of alkyl halides is 1. The molecule has 0 aromatic heterocycles. The zero-order valence-electron chi connectivity index (χ0n) is 9.38. The monoisotopic (exact) mass is 437 g/mol. The summed E-state index contributed by atoms with van der Waals surface area (Å²) in [5, 5.41) is 0.505. The first kappa shape index (κ1) is 16.6. The first-order valence-electron chi connectivity index (χ1n) is 4.96. The van der Waals surface area contributed by atoms with Crippen LogP contribution in [0.2, 0.25) is 5.02 Å². The summed E-state index contributed by atoms with van der Waals surface area (Å²) in [5.41, 5.74) is 0.432. The maximum Gasteiger partial charge on any atom is 0.233 e. The van der Waals surface area contributed by atoms with Crippen LogP contribution >= 0.6 is 55.1 Å². The summed E-state index contributed by atoms with van der Waals surface area (Å²) in [6, 6.07) is 3.24. The van der Waals surface area contributed by atoms with Gasteiger partial charge in [-0.25, -0.2) is 8.42 Å². The molecule has 0 fully saturated rings. The van der Waals surface area contributed by atoms with Gasteiger partial charge in [-0.15, -0.1) is 11.6 Å². The number of sulfonamides is 1. The highest BCUT2D eigenvalue weighted by atomic mass is 79.9. The molecule has 1 unspecified atom stereocenters. The van der Waals surface area contributed by atoms with Crippen LogP contribution in [-0.2, 0) is 10.0 Å². The summed E-state index contributed by atoms with van der Waals surface area (Å²) in [6.45, 7) is 1.78. The van der Waals surface area contributed by atoms with Gasteiger partial charge in [-0.05, 0) is 49.9 Å². The van der Waals surface area contributed by atoms with Gasteiger partial charge in [0.05, 0.1) is 11.4 Å². The number of hydrogen-bond acceptors (Lipinski definition) is 2. The Kier molecular flexibility index (Phi) is 6.25. The maximum absolute atomic E-state index is 11.9. The lowest BCUT2D eigenvalue weighted by molar-refractivity contribution is 0.588. The molecule has 0 bridgehead atoms. The number of anilines is 1. The van der Waals surface area contributed by atoms with Crippen molar-refractivity contribution in [2.75, 3.05) is 16.4 Å². The van der Waals surface area contributed by atoms with Gasteiger partial charge in [-0.1, -0.05) is 18.5 Å². The van der Waals surface area contributed by atoms with Gasteiger partial charge in [0.1, 0.15) is 0 Å². The molecule has 102 valence electrons. The second-order valence-electron chi connectivity index (χ2n) is 3.89. The van der Waals surface area contributed by atoms with Crippen LogP contribution in [-0.4, -0.2) is 20.1 Å². The molecule has 0 spiro atoms. The van der Waals surface area contributed by atoms with Gasteiger partial charge in [0.25, 0.3) is 0 Å². The number of halogens is 4. The number of nitrogens with one attached hydrogen (secondary N) is 1. The Balaban J connectivity index is 2.98. The second kappa shape index (κ2) is 6.79. The molecular weight excluding hydrogens is 429 g/mol. The summed E-state index contributed by atoms with van der Waals surface area (Å²) in [6.07, 6.45) is 0. The molecule has 1 rings (SSSR count). The van der Waals surface area contributed by atoms with Crippen LogP contribution in [0.5, 0.6) is 0 Å². The van der Waals surface area contributed by atoms with Gasteiger partial charge in [0.2, 0.25) is 10.0 Å². The third kappa shape index (κ3) is 4.89. The van der Waals surface area contributed by atoms with E-state index in [-0.39, 0.29) is 11.7 Å². The van der Waals surface area contributed by atoms with E-state index in [1.165, 1.54) is 0 Å². The van der Waals surface area contributed by atoms with Gasteiger partial charge in [0.15, 0.2) is 0 Å². The average Bonchev–Trinajstić information content (AvgIpc) is 2.22. The Labute approximate surface area is 134 Å². The zero-order chi connectivity index (χ0) is 13.9. The van der Waals surface area contributed by atoms with Crippen LogP contribution in [0.25, 0.3) is 0 Å². The van der Waals surface area contributed by atoms with E-state index in [4.69, 9.17) is 23.2 Å². The molecule has 1 atom stereocenters.